The van der Waals surface area contributed by atoms with Crippen LogP contribution in [0.1, 0.15) is 16.2 Å². The first-order valence-electron chi connectivity index (χ1n) is 5.41. The van der Waals surface area contributed by atoms with E-state index in [-0.39, 0.29) is 5.69 Å². The number of hydrogen-bond donors (Lipinski definition) is 1. The van der Waals surface area contributed by atoms with Gasteiger partial charge in [0.15, 0.2) is 11.3 Å². The maximum Gasteiger partial charge on any atom is 0.356 e. The average molecular weight is 338 g/mol. The zero-order valence-electron chi connectivity index (χ0n) is 9.79. The molecule has 3 rings (SSSR count). The minimum Gasteiger partial charge on any atom is -0.476 e. The molecular formula is C12H8BrN3O2S. The maximum atomic E-state index is 11.0. The van der Waals surface area contributed by atoms with Crippen molar-refractivity contribution in [3.05, 3.63) is 39.4 Å². The lowest BCUT2D eigenvalue weighted by atomic mass is 10.3. The van der Waals surface area contributed by atoms with E-state index >= 15 is 0 Å². The molecule has 0 unspecified atom stereocenters. The molecule has 96 valence electrons. The minimum absolute atomic E-state index is 0.00466. The molecule has 19 heavy (non-hydrogen) atoms. The van der Waals surface area contributed by atoms with Crippen LogP contribution in [0.4, 0.5) is 0 Å². The first-order valence-corrected chi connectivity index (χ1v) is 7.02. The highest BCUT2D eigenvalue weighted by molar-refractivity contribution is 9.11. The van der Waals surface area contributed by atoms with Crippen LogP contribution in [0.25, 0.3) is 16.2 Å². The summed E-state index contributed by atoms with van der Waals surface area (Å²) in [5.74, 6) is -1.05. The summed E-state index contributed by atoms with van der Waals surface area (Å²) in [6.07, 6.45) is 0. The van der Waals surface area contributed by atoms with Crippen LogP contribution in [0.3, 0.4) is 0 Å². The molecule has 0 bridgehead atoms. The van der Waals surface area contributed by atoms with Gasteiger partial charge >= 0.3 is 5.97 Å². The number of carbonyl (C=O) groups is 1. The molecule has 0 saturated heterocycles. The van der Waals surface area contributed by atoms with Crippen molar-refractivity contribution in [2.75, 3.05) is 0 Å². The molecule has 3 heterocycles. The average Bonchev–Trinajstić information content (AvgIpc) is 2.93. The lowest BCUT2D eigenvalue weighted by Crippen LogP contribution is -2.00. The number of thiophene rings is 1. The first-order chi connectivity index (χ1) is 9.04. The van der Waals surface area contributed by atoms with Gasteiger partial charge in [0, 0.05) is 11.8 Å². The summed E-state index contributed by atoms with van der Waals surface area (Å²) < 4.78 is 2.57. The smallest absolute Gasteiger partial charge is 0.356 e. The van der Waals surface area contributed by atoms with Crippen molar-refractivity contribution in [3.63, 3.8) is 0 Å². The zero-order chi connectivity index (χ0) is 13.6. The second-order valence-electron chi connectivity index (χ2n) is 3.99. The van der Waals surface area contributed by atoms with Crippen molar-refractivity contribution in [2.45, 2.75) is 6.92 Å². The molecule has 0 aliphatic carbocycles. The van der Waals surface area contributed by atoms with Crippen molar-refractivity contribution in [3.8, 4) is 10.6 Å². The van der Waals surface area contributed by atoms with Gasteiger partial charge in [0.25, 0.3) is 0 Å². The van der Waals surface area contributed by atoms with Crippen molar-refractivity contribution in [1.29, 1.82) is 0 Å². The summed E-state index contributed by atoms with van der Waals surface area (Å²) in [4.78, 5) is 16.3. The van der Waals surface area contributed by atoms with Crippen LogP contribution in [-0.2, 0) is 0 Å². The predicted octanol–water partition coefficient (Wildman–Crippen LogP) is 3.23. The number of halogens is 1. The van der Waals surface area contributed by atoms with Gasteiger partial charge in [-0.2, -0.15) is 5.10 Å². The van der Waals surface area contributed by atoms with E-state index in [2.05, 4.69) is 26.0 Å². The number of carboxylic acids is 1. The Balaban J connectivity index is 2.31. The number of carboxylic acid groups (broad SMARTS) is 1. The quantitative estimate of drug-likeness (QED) is 0.779. The number of aryl methyl sites for hydroxylation is 1. The maximum absolute atomic E-state index is 11.0. The third kappa shape index (κ3) is 2.15. The monoisotopic (exact) mass is 337 g/mol. The van der Waals surface area contributed by atoms with E-state index < -0.39 is 5.97 Å². The molecule has 0 aliphatic heterocycles. The number of rotatable bonds is 2. The topological polar surface area (TPSA) is 67.5 Å². The first kappa shape index (κ1) is 12.3. The number of aromatic nitrogens is 3. The molecule has 0 aromatic carbocycles. The van der Waals surface area contributed by atoms with E-state index in [9.17, 15) is 4.79 Å². The Kier molecular flexibility index (Phi) is 2.87. The Hall–Kier alpha value is -1.73. The molecule has 0 radical (unpaired) electrons. The van der Waals surface area contributed by atoms with Gasteiger partial charge in [-0.25, -0.2) is 14.3 Å². The largest absolute Gasteiger partial charge is 0.476 e. The van der Waals surface area contributed by atoms with Gasteiger partial charge in [-0.1, -0.05) is 0 Å². The van der Waals surface area contributed by atoms with E-state index in [1.807, 2.05) is 25.1 Å². The van der Waals surface area contributed by atoms with E-state index in [4.69, 9.17) is 5.11 Å². The molecular weight excluding hydrogens is 330 g/mol. The Morgan fingerprint density at radius 1 is 1.42 bits per heavy atom. The normalized spacial score (nSPS) is 11.1. The Labute approximate surface area is 120 Å². The molecule has 1 N–H and O–H groups in total. The number of aromatic carboxylic acids is 1. The van der Waals surface area contributed by atoms with Crippen LogP contribution < -0.4 is 0 Å². The molecule has 5 nitrogen and oxygen atoms in total. The van der Waals surface area contributed by atoms with E-state index in [0.29, 0.717) is 5.65 Å². The van der Waals surface area contributed by atoms with Crippen molar-refractivity contribution in [2.24, 2.45) is 0 Å². The van der Waals surface area contributed by atoms with E-state index in [0.717, 1.165) is 20.1 Å². The van der Waals surface area contributed by atoms with Crippen LogP contribution in [0.2, 0.25) is 0 Å². The Bertz CT molecular complexity index is 793. The van der Waals surface area contributed by atoms with Gasteiger partial charge in [0.1, 0.15) is 0 Å². The van der Waals surface area contributed by atoms with Gasteiger partial charge in [-0.15, -0.1) is 11.3 Å². The van der Waals surface area contributed by atoms with Gasteiger partial charge in [-0.3, -0.25) is 0 Å². The van der Waals surface area contributed by atoms with Crippen LogP contribution in [-0.4, -0.2) is 25.7 Å². The molecule has 0 aliphatic rings. The molecule has 0 saturated carbocycles. The van der Waals surface area contributed by atoms with Crippen molar-refractivity contribution < 1.29 is 9.90 Å². The third-order valence-electron chi connectivity index (χ3n) is 2.60. The molecule has 7 heteroatoms. The van der Waals surface area contributed by atoms with Crippen LogP contribution in [0, 0.1) is 6.92 Å². The summed E-state index contributed by atoms with van der Waals surface area (Å²) >= 11 is 4.98. The zero-order valence-corrected chi connectivity index (χ0v) is 12.2. The van der Waals surface area contributed by atoms with Crippen molar-refractivity contribution in [1.82, 2.24) is 14.6 Å². The summed E-state index contributed by atoms with van der Waals surface area (Å²) in [6, 6.07) is 7.28. The fraction of sp³-hybridized carbons (Fsp3) is 0.0833. The van der Waals surface area contributed by atoms with Crippen LogP contribution >= 0.6 is 27.3 Å². The fourth-order valence-corrected chi connectivity index (χ4v) is 3.22. The second kappa shape index (κ2) is 4.43. The van der Waals surface area contributed by atoms with Crippen molar-refractivity contribution >= 4 is 38.9 Å². The lowest BCUT2D eigenvalue weighted by molar-refractivity contribution is 0.0690. The predicted molar refractivity (Wildman–Crippen MR) is 75.7 cm³/mol. The van der Waals surface area contributed by atoms with E-state index in [1.54, 1.807) is 15.9 Å². The fourth-order valence-electron chi connectivity index (χ4n) is 1.83. The van der Waals surface area contributed by atoms with Gasteiger partial charge in [0.05, 0.1) is 14.4 Å². The summed E-state index contributed by atoms with van der Waals surface area (Å²) in [5.41, 5.74) is 2.20. The Morgan fingerprint density at radius 3 is 2.84 bits per heavy atom. The molecule has 0 fully saturated rings. The SMILES string of the molecule is Cc1cc(-c2ccc(Br)s2)n2nc(C(=O)O)cc2n1. The lowest BCUT2D eigenvalue weighted by Gasteiger charge is -2.03. The second-order valence-corrected chi connectivity index (χ2v) is 6.45. The van der Waals surface area contributed by atoms with Crippen LogP contribution in [0.15, 0.2) is 28.1 Å². The minimum atomic E-state index is -1.05. The highest BCUT2D eigenvalue weighted by Crippen LogP contribution is 2.31. The van der Waals surface area contributed by atoms with E-state index in [1.165, 1.54) is 6.07 Å². The highest BCUT2D eigenvalue weighted by atomic mass is 79.9. The summed E-state index contributed by atoms with van der Waals surface area (Å²) in [5, 5.41) is 13.1. The number of hydrogen-bond acceptors (Lipinski definition) is 4. The highest BCUT2D eigenvalue weighted by Gasteiger charge is 2.14. The summed E-state index contributed by atoms with van der Waals surface area (Å²) in [6.45, 7) is 1.87. The number of nitrogens with zero attached hydrogens (tertiary/aromatic N) is 3. The Morgan fingerprint density at radius 2 is 2.21 bits per heavy atom. The summed E-state index contributed by atoms with van der Waals surface area (Å²) in [7, 11) is 0. The molecule has 0 spiro atoms. The van der Waals surface area contributed by atoms with Gasteiger partial charge in [0.2, 0.25) is 0 Å². The standard InChI is InChI=1S/C12H8BrN3O2S/c1-6-4-8(9-2-3-10(13)19-9)16-11(14-6)5-7(15-16)12(17)18/h2-5H,1H3,(H,17,18). The van der Waals surface area contributed by atoms with Crippen LogP contribution in [0.5, 0.6) is 0 Å². The molecule has 3 aromatic rings. The molecule has 0 atom stereocenters. The molecule has 0 amide bonds. The number of fused-ring (bicyclic) bond motifs is 1. The van der Waals surface area contributed by atoms with Gasteiger partial charge < -0.3 is 5.11 Å². The van der Waals surface area contributed by atoms with Gasteiger partial charge in [-0.05, 0) is 41.1 Å². The third-order valence-corrected chi connectivity index (χ3v) is 4.25. The molecule has 3 aromatic heterocycles.